The molecule has 0 saturated carbocycles. The van der Waals surface area contributed by atoms with Crippen molar-refractivity contribution in [2.24, 2.45) is 0 Å². The number of anilines is 1. The Bertz CT molecular complexity index is 572. The van der Waals surface area contributed by atoms with Gasteiger partial charge in [0.05, 0.1) is 10.0 Å². The molecule has 2 aromatic carbocycles. The van der Waals surface area contributed by atoms with Crippen LogP contribution < -0.4 is 5.32 Å². The summed E-state index contributed by atoms with van der Waals surface area (Å²) >= 11 is 20.5. The molecule has 0 aromatic heterocycles. The molecule has 18 heavy (non-hydrogen) atoms. The minimum atomic E-state index is 0.502. The van der Waals surface area contributed by atoms with Crippen LogP contribution >= 0.6 is 57.4 Å². The second kappa shape index (κ2) is 6.33. The van der Waals surface area contributed by atoms with Crippen LogP contribution in [0.3, 0.4) is 0 Å². The van der Waals surface area contributed by atoms with Crippen molar-refractivity contribution in [1.82, 2.24) is 0 Å². The van der Waals surface area contributed by atoms with Gasteiger partial charge < -0.3 is 5.32 Å². The van der Waals surface area contributed by atoms with Crippen LogP contribution in [0.15, 0.2) is 36.4 Å². The number of rotatable bonds is 3. The molecule has 1 nitrogen and oxygen atoms in total. The summed E-state index contributed by atoms with van der Waals surface area (Å²) in [5.41, 5.74) is 1.86. The number of nitrogens with one attached hydrogen (secondary N) is 1. The van der Waals surface area contributed by atoms with Gasteiger partial charge >= 0.3 is 0 Å². The third-order valence-electron chi connectivity index (χ3n) is 2.47. The standard InChI is InChI=1S/C13H9Cl3IN/c14-9-5-6-10(15)13(16)8(9)7-18-12-4-2-1-3-11(12)17/h1-6,18H,7H2. The summed E-state index contributed by atoms with van der Waals surface area (Å²) in [5, 5.41) is 4.93. The number of hydrogen-bond donors (Lipinski definition) is 1. The molecule has 0 atom stereocenters. The molecule has 0 spiro atoms. The van der Waals surface area contributed by atoms with Crippen molar-refractivity contribution >= 4 is 63.1 Å². The van der Waals surface area contributed by atoms with E-state index in [0.29, 0.717) is 21.6 Å². The van der Waals surface area contributed by atoms with Gasteiger partial charge in [-0.25, -0.2) is 0 Å². The van der Waals surface area contributed by atoms with Crippen molar-refractivity contribution in [3.8, 4) is 0 Å². The highest BCUT2D eigenvalue weighted by atomic mass is 127. The lowest BCUT2D eigenvalue weighted by molar-refractivity contribution is 1.15. The maximum Gasteiger partial charge on any atom is 0.0657 e. The summed E-state index contributed by atoms with van der Waals surface area (Å²) in [6, 6.07) is 11.5. The van der Waals surface area contributed by atoms with E-state index < -0.39 is 0 Å². The van der Waals surface area contributed by atoms with Crippen LogP contribution in [0.2, 0.25) is 15.1 Å². The monoisotopic (exact) mass is 411 g/mol. The Hall–Kier alpha value is -0.160. The van der Waals surface area contributed by atoms with E-state index in [1.54, 1.807) is 12.1 Å². The molecule has 0 aliphatic heterocycles. The van der Waals surface area contributed by atoms with E-state index in [1.807, 2.05) is 24.3 Å². The maximum absolute atomic E-state index is 6.15. The van der Waals surface area contributed by atoms with E-state index in [2.05, 4.69) is 27.9 Å². The second-order valence-corrected chi connectivity index (χ2v) is 6.01. The van der Waals surface area contributed by atoms with Crippen molar-refractivity contribution in [3.05, 3.63) is 60.6 Å². The lowest BCUT2D eigenvalue weighted by atomic mass is 10.2. The summed E-state index contributed by atoms with van der Waals surface area (Å²) in [4.78, 5) is 0. The van der Waals surface area contributed by atoms with Gasteiger partial charge in [0.2, 0.25) is 0 Å². The molecular formula is C13H9Cl3IN. The van der Waals surface area contributed by atoms with Gasteiger partial charge in [-0.3, -0.25) is 0 Å². The Balaban J connectivity index is 2.21. The minimum Gasteiger partial charge on any atom is -0.380 e. The molecule has 0 saturated heterocycles. The first kappa shape index (κ1) is 14.3. The molecule has 0 heterocycles. The number of para-hydroxylation sites is 1. The molecular weight excluding hydrogens is 403 g/mol. The predicted octanol–water partition coefficient (Wildman–Crippen LogP) is 5.86. The molecule has 2 aromatic rings. The Kier molecular flexibility index (Phi) is 5.01. The molecule has 0 aliphatic rings. The first-order valence-electron chi connectivity index (χ1n) is 5.20. The van der Waals surface area contributed by atoms with Gasteiger partial charge in [0.1, 0.15) is 0 Å². The summed E-state index contributed by atoms with van der Waals surface area (Å²) in [5.74, 6) is 0. The quantitative estimate of drug-likeness (QED) is 0.492. The van der Waals surface area contributed by atoms with Gasteiger partial charge in [0.15, 0.2) is 0 Å². The first-order chi connectivity index (χ1) is 8.59. The van der Waals surface area contributed by atoms with Crippen molar-refractivity contribution in [3.63, 3.8) is 0 Å². The van der Waals surface area contributed by atoms with Gasteiger partial charge in [-0.05, 0) is 46.9 Å². The Labute approximate surface area is 135 Å². The first-order valence-corrected chi connectivity index (χ1v) is 7.41. The fourth-order valence-corrected chi connectivity index (χ4v) is 2.78. The molecule has 0 bridgehead atoms. The largest absolute Gasteiger partial charge is 0.380 e. The molecule has 2 rings (SSSR count). The zero-order valence-corrected chi connectivity index (χ0v) is 13.6. The fraction of sp³-hybridized carbons (Fsp3) is 0.0769. The van der Waals surface area contributed by atoms with E-state index in [-0.39, 0.29) is 0 Å². The third-order valence-corrected chi connectivity index (χ3v) is 4.61. The smallest absolute Gasteiger partial charge is 0.0657 e. The molecule has 0 radical (unpaired) electrons. The Morgan fingerprint density at radius 1 is 0.944 bits per heavy atom. The van der Waals surface area contributed by atoms with E-state index in [1.165, 1.54) is 0 Å². The van der Waals surface area contributed by atoms with Crippen molar-refractivity contribution in [1.29, 1.82) is 0 Å². The van der Waals surface area contributed by atoms with Gasteiger partial charge in [-0.15, -0.1) is 0 Å². The van der Waals surface area contributed by atoms with E-state index in [0.717, 1.165) is 14.8 Å². The van der Waals surface area contributed by atoms with Crippen LogP contribution in [0.4, 0.5) is 5.69 Å². The number of hydrogen-bond acceptors (Lipinski definition) is 1. The SMILES string of the molecule is Clc1ccc(Cl)c(CNc2ccccc2I)c1Cl. The average Bonchev–Trinajstić information content (AvgIpc) is 2.36. The van der Waals surface area contributed by atoms with Crippen molar-refractivity contribution < 1.29 is 0 Å². The topological polar surface area (TPSA) is 12.0 Å². The van der Waals surface area contributed by atoms with Gasteiger partial charge in [-0.2, -0.15) is 0 Å². The Morgan fingerprint density at radius 3 is 2.33 bits per heavy atom. The maximum atomic E-state index is 6.15. The van der Waals surface area contributed by atoms with Crippen LogP contribution in [0.5, 0.6) is 0 Å². The summed E-state index contributed by atoms with van der Waals surface area (Å²) in [7, 11) is 0. The highest BCUT2D eigenvalue weighted by molar-refractivity contribution is 14.1. The van der Waals surface area contributed by atoms with Gasteiger partial charge in [0, 0.05) is 26.4 Å². The summed E-state index contributed by atoms with van der Waals surface area (Å²) in [6.07, 6.45) is 0. The van der Waals surface area contributed by atoms with Gasteiger partial charge in [-0.1, -0.05) is 46.9 Å². The summed E-state index contributed by atoms with van der Waals surface area (Å²) < 4.78 is 1.14. The molecule has 0 unspecified atom stereocenters. The molecule has 1 N–H and O–H groups in total. The highest BCUT2D eigenvalue weighted by Crippen LogP contribution is 2.32. The summed E-state index contributed by atoms with van der Waals surface area (Å²) in [6.45, 7) is 0.540. The normalized spacial score (nSPS) is 10.4. The van der Waals surface area contributed by atoms with E-state index in [4.69, 9.17) is 34.8 Å². The molecule has 0 aliphatic carbocycles. The zero-order chi connectivity index (χ0) is 13.1. The minimum absolute atomic E-state index is 0.502. The van der Waals surface area contributed by atoms with Crippen LogP contribution in [0.25, 0.3) is 0 Å². The number of benzene rings is 2. The van der Waals surface area contributed by atoms with Gasteiger partial charge in [0.25, 0.3) is 0 Å². The zero-order valence-electron chi connectivity index (χ0n) is 9.18. The van der Waals surface area contributed by atoms with E-state index >= 15 is 0 Å². The fourth-order valence-electron chi connectivity index (χ4n) is 1.52. The molecule has 0 amide bonds. The van der Waals surface area contributed by atoms with Crippen LogP contribution in [0.1, 0.15) is 5.56 Å². The average molecular weight is 412 g/mol. The van der Waals surface area contributed by atoms with Crippen molar-refractivity contribution in [2.75, 3.05) is 5.32 Å². The third kappa shape index (κ3) is 3.23. The highest BCUT2D eigenvalue weighted by Gasteiger charge is 2.09. The molecule has 94 valence electrons. The molecule has 5 heteroatoms. The van der Waals surface area contributed by atoms with Crippen LogP contribution in [-0.4, -0.2) is 0 Å². The lowest BCUT2D eigenvalue weighted by Crippen LogP contribution is -2.02. The van der Waals surface area contributed by atoms with Crippen LogP contribution in [-0.2, 0) is 6.54 Å². The lowest BCUT2D eigenvalue weighted by Gasteiger charge is -2.12. The van der Waals surface area contributed by atoms with Crippen LogP contribution in [0, 0.1) is 3.57 Å². The Morgan fingerprint density at radius 2 is 1.61 bits per heavy atom. The van der Waals surface area contributed by atoms with E-state index in [9.17, 15) is 0 Å². The molecule has 0 fully saturated rings. The number of halogens is 4. The predicted molar refractivity (Wildman–Crippen MR) is 88.0 cm³/mol. The second-order valence-electron chi connectivity index (χ2n) is 3.66. The van der Waals surface area contributed by atoms with Crippen molar-refractivity contribution in [2.45, 2.75) is 6.54 Å².